The van der Waals surface area contributed by atoms with Crippen LogP contribution >= 0.6 is 0 Å². The number of hydrogen-bond donors (Lipinski definition) is 9. The molecule has 3 amide bonds. The number of aliphatic carboxylic acids is 3. The van der Waals surface area contributed by atoms with Gasteiger partial charge in [0.05, 0.1) is 18.3 Å². The van der Waals surface area contributed by atoms with Crippen molar-refractivity contribution >= 4 is 48.3 Å². The molecule has 47 heavy (non-hydrogen) atoms. The molecular formula is C29H33N3O15. The summed E-state index contributed by atoms with van der Waals surface area (Å²) in [5, 5.41) is 62.1. The molecule has 18 nitrogen and oxygen atoms in total. The normalized spacial score (nSPS) is 14.8. The number of amides is 3. The molecule has 0 saturated heterocycles. The van der Waals surface area contributed by atoms with Gasteiger partial charge < -0.3 is 60.8 Å². The smallest absolute Gasteiger partial charge is 0.413 e. The van der Waals surface area contributed by atoms with Crippen LogP contribution < -0.4 is 30.2 Å². The van der Waals surface area contributed by atoms with Crippen molar-refractivity contribution in [2.45, 2.75) is 57.2 Å². The lowest BCUT2D eigenvalue weighted by Crippen LogP contribution is -2.48. The standard InChI is InChI=1S/C29H33N3O15/c1-13(33)21(24(36)37)30-27(42)45-18-8-6-16(7-9-18)4-5-17-10-19(46-28(43)31-22(14(2)34)25(38)39)12-20(11-17)47-29(44)32-23(15(3)35)26(40)41/h4-15,21-23,33-35H,1-3H3,(H,30,42)(H,31,43)(H,32,44)(H,36,37)(H,38,39)(H,40,41)/b5-4+/t13-,14-,15-,21+,22+,23+/m1/s1. The number of benzene rings is 2. The van der Waals surface area contributed by atoms with Crippen molar-refractivity contribution in [1.82, 2.24) is 16.0 Å². The summed E-state index contributed by atoms with van der Waals surface area (Å²) in [5.74, 6) is -5.04. The zero-order chi connectivity index (χ0) is 35.4. The first-order valence-electron chi connectivity index (χ1n) is 13.6. The zero-order valence-electron chi connectivity index (χ0n) is 25.0. The van der Waals surface area contributed by atoms with Gasteiger partial charge in [-0.05, 0) is 56.2 Å². The van der Waals surface area contributed by atoms with E-state index in [9.17, 15) is 54.3 Å². The van der Waals surface area contributed by atoms with Crippen LogP contribution in [0.4, 0.5) is 14.4 Å². The van der Waals surface area contributed by atoms with Gasteiger partial charge in [0.15, 0.2) is 18.1 Å². The molecule has 0 radical (unpaired) electrons. The predicted octanol–water partition coefficient (Wildman–Crippen LogP) is 0.624. The summed E-state index contributed by atoms with van der Waals surface area (Å²) >= 11 is 0. The Morgan fingerprint density at radius 2 is 0.851 bits per heavy atom. The summed E-state index contributed by atoms with van der Waals surface area (Å²) in [6, 6.07) is 4.38. The van der Waals surface area contributed by atoms with E-state index >= 15 is 0 Å². The minimum Gasteiger partial charge on any atom is -0.480 e. The molecule has 0 aliphatic heterocycles. The van der Waals surface area contributed by atoms with E-state index in [2.05, 4.69) is 0 Å². The minimum atomic E-state index is -1.71. The van der Waals surface area contributed by atoms with Crippen LogP contribution in [0, 0.1) is 0 Å². The lowest BCUT2D eigenvalue weighted by molar-refractivity contribution is -0.142. The largest absolute Gasteiger partial charge is 0.480 e. The van der Waals surface area contributed by atoms with Crippen LogP contribution in [0.15, 0.2) is 42.5 Å². The van der Waals surface area contributed by atoms with Crippen molar-refractivity contribution in [3.05, 3.63) is 53.6 Å². The van der Waals surface area contributed by atoms with Crippen LogP contribution in [0.25, 0.3) is 12.2 Å². The average molecular weight is 664 g/mol. The Morgan fingerprint density at radius 1 is 0.532 bits per heavy atom. The molecule has 0 fully saturated rings. The van der Waals surface area contributed by atoms with Gasteiger partial charge in [-0.2, -0.15) is 0 Å². The molecule has 2 aromatic carbocycles. The zero-order valence-corrected chi connectivity index (χ0v) is 25.0. The van der Waals surface area contributed by atoms with E-state index in [1.807, 2.05) is 16.0 Å². The first-order chi connectivity index (χ1) is 22.0. The third kappa shape index (κ3) is 12.3. The average Bonchev–Trinajstić information content (AvgIpc) is 2.96. The highest BCUT2D eigenvalue weighted by atomic mass is 16.6. The molecule has 0 saturated carbocycles. The van der Waals surface area contributed by atoms with E-state index in [0.29, 0.717) is 5.56 Å². The maximum Gasteiger partial charge on any atom is 0.413 e. The molecule has 2 rings (SSSR count). The number of ether oxygens (including phenoxy) is 3. The summed E-state index contributed by atoms with van der Waals surface area (Å²) in [6.45, 7) is 3.44. The third-order valence-corrected chi connectivity index (χ3v) is 5.95. The molecule has 18 heteroatoms. The molecule has 0 heterocycles. The third-order valence-electron chi connectivity index (χ3n) is 5.95. The highest BCUT2D eigenvalue weighted by Gasteiger charge is 2.28. The van der Waals surface area contributed by atoms with E-state index < -0.39 is 72.6 Å². The van der Waals surface area contributed by atoms with Crippen molar-refractivity contribution in [2.24, 2.45) is 0 Å². The molecule has 0 unspecified atom stereocenters. The number of aliphatic hydroxyl groups excluding tert-OH is 3. The number of rotatable bonds is 14. The van der Waals surface area contributed by atoms with Crippen molar-refractivity contribution < 1.29 is 73.6 Å². The predicted molar refractivity (Wildman–Crippen MR) is 159 cm³/mol. The van der Waals surface area contributed by atoms with Crippen LogP contribution in [0.3, 0.4) is 0 Å². The molecule has 2 aromatic rings. The fourth-order valence-corrected chi connectivity index (χ4v) is 3.60. The van der Waals surface area contributed by atoms with Crippen LogP contribution in [-0.2, 0) is 14.4 Å². The van der Waals surface area contributed by atoms with Gasteiger partial charge in [-0.15, -0.1) is 0 Å². The van der Waals surface area contributed by atoms with Gasteiger partial charge in [-0.25, -0.2) is 28.8 Å². The summed E-state index contributed by atoms with van der Waals surface area (Å²) in [5.41, 5.74) is 0.767. The molecule has 0 aromatic heterocycles. The first kappa shape index (κ1) is 37.5. The Bertz CT molecular complexity index is 1430. The highest BCUT2D eigenvalue weighted by Crippen LogP contribution is 2.25. The van der Waals surface area contributed by atoms with Gasteiger partial charge in [0.2, 0.25) is 0 Å². The Balaban J connectivity index is 2.28. The van der Waals surface area contributed by atoms with Crippen LogP contribution in [0.5, 0.6) is 17.2 Å². The maximum absolute atomic E-state index is 12.4. The van der Waals surface area contributed by atoms with Crippen LogP contribution in [0.2, 0.25) is 0 Å². The van der Waals surface area contributed by atoms with Crippen LogP contribution in [0.1, 0.15) is 31.9 Å². The lowest BCUT2D eigenvalue weighted by Gasteiger charge is -2.18. The lowest BCUT2D eigenvalue weighted by atomic mass is 10.1. The molecule has 9 N–H and O–H groups in total. The highest BCUT2D eigenvalue weighted by molar-refractivity contribution is 5.83. The van der Waals surface area contributed by atoms with E-state index in [1.54, 1.807) is 0 Å². The van der Waals surface area contributed by atoms with Gasteiger partial charge in [-0.1, -0.05) is 24.3 Å². The van der Waals surface area contributed by atoms with E-state index in [-0.39, 0.29) is 22.8 Å². The number of hydrogen-bond acceptors (Lipinski definition) is 12. The quantitative estimate of drug-likeness (QED) is 0.125. The van der Waals surface area contributed by atoms with E-state index in [1.165, 1.54) is 55.5 Å². The second kappa shape index (κ2) is 17.1. The SMILES string of the molecule is C[C@@H](O)[C@H](NC(=O)Oc1ccc(/C=C/c2cc(OC(=O)N[C@H](C(=O)O)[C@@H](C)O)cc(OC(=O)N[C@H](C(=O)O)[C@@H](C)O)c2)cc1)C(=O)O. The number of aliphatic hydroxyl groups is 3. The second-order valence-corrected chi connectivity index (χ2v) is 9.91. The number of carbonyl (C=O) groups is 6. The fourth-order valence-electron chi connectivity index (χ4n) is 3.60. The molecular weight excluding hydrogens is 630 g/mol. The van der Waals surface area contributed by atoms with Gasteiger partial charge in [-0.3, -0.25) is 0 Å². The van der Waals surface area contributed by atoms with Crippen molar-refractivity contribution in [2.75, 3.05) is 0 Å². The van der Waals surface area contributed by atoms with Crippen LogP contribution in [-0.4, -0.2) is 103 Å². The molecule has 0 aliphatic rings. The summed E-state index contributed by atoms with van der Waals surface area (Å²) in [6.07, 6.45) is -5.04. The van der Waals surface area contributed by atoms with Crippen molar-refractivity contribution in [3.8, 4) is 17.2 Å². The van der Waals surface area contributed by atoms with Gasteiger partial charge in [0, 0.05) is 6.07 Å². The number of carboxylic acids is 3. The summed E-state index contributed by atoms with van der Waals surface area (Å²) in [4.78, 5) is 70.5. The number of nitrogens with one attached hydrogen (secondary N) is 3. The van der Waals surface area contributed by atoms with Gasteiger partial charge in [0.25, 0.3) is 0 Å². The topological polar surface area (TPSA) is 288 Å². The molecule has 6 atom stereocenters. The summed E-state index contributed by atoms with van der Waals surface area (Å²) < 4.78 is 15.3. The van der Waals surface area contributed by atoms with Crippen molar-refractivity contribution in [3.63, 3.8) is 0 Å². The summed E-state index contributed by atoms with van der Waals surface area (Å²) in [7, 11) is 0. The molecule has 0 bridgehead atoms. The first-order valence-corrected chi connectivity index (χ1v) is 13.6. The number of carboxylic acid groups (broad SMARTS) is 3. The van der Waals surface area contributed by atoms with Gasteiger partial charge in [0.1, 0.15) is 17.2 Å². The fraction of sp³-hybridized carbons (Fsp3) is 0.310. The molecule has 0 spiro atoms. The van der Waals surface area contributed by atoms with Crippen molar-refractivity contribution in [1.29, 1.82) is 0 Å². The Morgan fingerprint density at radius 3 is 1.17 bits per heavy atom. The second-order valence-electron chi connectivity index (χ2n) is 9.91. The molecule has 254 valence electrons. The van der Waals surface area contributed by atoms with E-state index in [4.69, 9.17) is 19.3 Å². The van der Waals surface area contributed by atoms with E-state index in [0.717, 1.165) is 19.9 Å². The Kier molecular flexibility index (Phi) is 13.6. The maximum atomic E-state index is 12.4. The molecule has 0 aliphatic carbocycles. The van der Waals surface area contributed by atoms with Gasteiger partial charge >= 0.3 is 36.2 Å². The Hall–Kier alpha value is -5.72. The monoisotopic (exact) mass is 663 g/mol. The number of carbonyl (C=O) groups excluding carboxylic acids is 3. The Labute approximate surface area is 266 Å². The minimum absolute atomic E-state index is 0.0335.